The number of halogens is 1. The Morgan fingerprint density at radius 2 is 1.19 bits per heavy atom. The number of benzene rings is 3. The maximum Gasteiger partial charge on any atom is 0.144 e. The zero-order chi connectivity index (χ0) is 22.2. The van der Waals surface area contributed by atoms with Crippen LogP contribution in [0.5, 0.6) is 0 Å². The highest BCUT2D eigenvalue weighted by Gasteiger charge is 2.42. The molecule has 1 nitrogen and oxygen atoms in total. The summed E-state index contributed by atoms with van der Waals surface area (Å²) in [4.78, 5) is 1.94. The molecule has 162 valence electrons. The Labute approximate surface area is 196 Å². The number of ether oxygens (including phenoxy) is 1. The van der Waals surface area contributed by atoms with Crippen LogP contribution in [0.15, 0.2) is 102 Å². The molecule has 0 heterocycles. The molecule has 0 fully saturated rings. The first-order valence-corrected chi connectivity index (χ1v) is 12.1. The van der Waals surface area contributed by atoms with Crippen LogP contribution >= 0.6 is 15.9 Å². The maximum absolute atomic E-state index is 7.28. The van der Waals surface area contributed by atoms with Crippen molar-refractivity contribution in [1.82, 2.24) is 0 Å². The summed E-state index contributed by atoms with van der Waals surface area (Å²) < 4.78 is 7.28. The largest absolute Gasteiger partial charge is 0.353 e. The van der Waals surface area contributed by atoms with E-state index < -0.39 is 5.60 Å². The lowest BCUT2D eigenvalue weighted by Gasteiger charge is -2.43. The number of rotatable bonds is 10. The molecule has 0 aliphatic carbocycles. The molecule has 1 atom stereocenters. The van der Waals surface area contributed by atoms with E-state index in [1.54, 1.807) is 0 Å². The molecule has 0 N–H and O–H groups in total. The van der Waals surface area contributed by atoms with Crippen molar-refractivity contribution in [2.45, 2.75) is 51.7 Å². The van der Waals surface area contributed by atoms with Crippen molar-refractivity contribution >= 4 is 15.9 Å². The molecule has 0 spiro atoms. The predicted octanol–water partition coefficient (Wildman–Crippen LogP) is 8.49. The monoisotopic (exact) mass is 476 g/mol. The van der Waals surface area contributed by atoms with Crippen LogP contribution < -0.4 is 0 Å². The summed E-state index contributed by atoms with van der Waals surface area (Å²) in [6.45, 7) is 6.87. The Morgan fingerprint density at radius 3 is 1.55 bits per heavy atom. The highest BCUT2D eigenvalue weighted by atomic mass is 79.9. The van der Waals surface area contributed by atoms with E-state index in [1.165, 1.54) is 12.8 Å². The number of unbranched alkanes of at least 4 members (excludes halogenated alkanes) is 1. The van der Waals surface area contributed by atoms with Gasteiger partial charge < -0.3 is 4.74 Å². The van der Waals surface area contributed by atoms with Crippen molar-refractivity contribution in [3.05, 3.63) is 119 Å². The summed E-state index contributed by atoms with van der Waals surface area (Å²) >= 11 is 3.53. The summed E-state index contributed by atoms with van der Waals surface area (Å²) in [5.41, 5.74) is 2.65. The van der Waals surface area contributed by atoms with E-state index in [2.05, 4.69) is 134 Å². The average molecular weight is 477 g/mol. The van der Waals surface area contributed by atoms with Gasteiger partial charge in [-0.3, -0.25) is 0 Å². The van der Waals surface area contributed by atoms with Gasteiger partial charge in [-0.05, 0) is 39.6 Å². The third-order valence-corrected chi connectivity index (χ3v) is 6.34. The topological polar surface area (TPSA) is 9.23 Å². The first-order chi connectivity index (χ1) is 15.0. The molecule has 0 aliphatic heterocycles. The Morgan fingerprint density at radius 1 is 0.774 bits per heavy atom. The van der Waals surface area contributed by atoms with E-state index in [9.17, 15) is 0 Å². The maximum atomic E-state index is 7.28. The molecule has 0 aromatic heterocycles. The third kappa shape index (κ3) is 5.37. The minimum atomic E-state index is -0.718. The van der Waals surface area contributed by atoms with Crippen LogP contribution in [-0.4, -0.2) is 6.10 Å². The molecule has 1 unspecified atom stereocenters. The lowest BCUT2D eigenvalue weighted by atomic mass is 9.77. The van der Waals surface area contributed by atoms with Gasteiger partial charge in [0.15, 0.2) is 0 Å². The molecule has 0 aliphatic rings. The summed E-state index contributed by atoms with van der Waals surface area (Å²) in [7, 11) is 0. The SMILES string of the molecule is CCCCC(C)(C)C(/C=C/Br)OC(c1ccccc1)(c1ccccc1)c1ccccc1. The lowest BCUT2D eigenvalue weighted by Crippen LogP contribution is -2.42. The van der Waals surface area contributed by atoms with Crippen molar-refractivity contribution in [2.24, 2.45) is 5.41 Å². The highest BCUT2D eigenvalue weighted by molar-refractivity contribution is 9.11. The molecule has 3 rings (SSSR count). The fourth-order valence-corrected chi connectivity index (χ4v) is 4.49. The summed E-state index contributed by atoms with van der Waals surface area (Å²) in [5, 5.41) is 0. The second kappa shape index (κ2) is 10.9. The van der Waals surface area contributed by atoms with Crippen molar-refractivity contribution < 1.29 is 4.74 Å². The van der Waals surface area contributed by atoms with Gasteiger partial charge in [-0.2, -0.15) is 0 Å². The van der Waals surface area contributed by atoms with E-state index in [4.69, 9.17) is 4.74 Å². The molecule has 2 heteroatoms. The minimum Gasteiger partial charge on any atom is -0.353 e. The lowest BCUT2D eigenvalue weighted by molar-refractivity contribution is -0.0777. The molecule has 31 heavy (non-hydrogen) atoms. The Balaban J connectivity index is 2.24. The van der Waals surface area contributed by atoms with E-state index in [1.807, 2.05) is 4.99 Å². The van der Waals surface area contributed by atoms with Gasteiger partial charge in [0.25, 0.3) is 0 Å². The number of hydrogen-bond acceptors (Lipinski definition) is 1. The van der Waals surface area contributed by atoms with Gasteiger partial charge in [0.05, 0.1) is 6.10 Å². The molecule has 3 aromatic rings. The van der Waals surface area contributed by atoms with Crippen LogP contribution in [-0.2, 0) is 10.3 Å². The highest BCUT2D eigenvalue weighted by Crippen LogP contribution is 2.45. The second-order valence-electron chi connectivity index (χ2n) is 8.73. The van der Waals surface area contributed by atoms with Crippen LogP contribution in [0.4, 0.5) is 0 Å². The van der Waals surface area contributed by atoms with Gasteiger partial charge in [-0.15, -0.1) is 0 Å². The average Bonchev–Trinajstić information content (AvgIpc) is 2.82. The van der Waals surface area contributed by atoms with E-state index in [0.717, 1.165) is 23.1 Å². The number of hydrogen-bond donors (Lipinski definition) is 0. The van der Waals surface area contributed by atoms with Crippen molar-refractivity contribution in [3.63, 3.8) is 0 Å². The second-order valence-corrected chi connectivity index (χ2v) is 9.26. The minimum absolute atomic E-state index is 0.0239. The summed E-state index contributed by atoms with van der Waals surface area (Å²) in [5.74, 6) is 0. The van der Waals surface area contributed by atoms with Crippen molar-refractivity contribution in [2.75, 3.05) is 0 Å². The molecule has 0 amide bonds. The van der Waals surface area contributed by atoms with E-state index >= 15 is 0 Å². The summed E-state index contributed by atoms with van der Waals surface area (Å²) in [6.07, 6.45) is 5.52. The Hall–Kier alpha value is -2.16. The van der Waals surface area contributed by atoms with E-state index in [0.29, 0.717) is 0 Å². The molecule has 0 saturated carbocycles. The van der Waals surface area contributed by atoms with Crippen molar-refractivity contribution in [1.29, 1.82) is 0 Å². The van der Waals surface area contributed by atoms with Crippen LogP contribution in [0.3, 0.4) is 0 Å². The normalized spacial score (nSPS) is 13.4. The van der Waals surface area contributed by atoms with Gasteiger partial charge in [0.1, 0.15) is 5.60 Å². The smallest absolute Gasteiger partial charge is 0.144 e. The van der Waals surface area contributed by atoms with Crippen LogP contribution in [0.2, 0.25) is 0 Å². The quantitative estimate of drug-likeness (QED) is 0.266. The molecule has 3 aromatic carbocycles. The Bertz CT molecular complexity index is 836. The van der Waals surface area contributed by atoms with Gasteiger partial charge in [-0.1, -0.05) is 141 Å². The fraction of sp³-hybridized carbons (Fsp3) is 0.310. The molecule has 0 radical (unpaired) electrons. The fourth-order valence-electron chi connectivity index (χ4n) is 4.21. The molecule has 0 bridgehead atoms. The zero-order valence-electron chi connectivity index (χ0n) is 18.8. The van der Waals surface area contributed by atoms with E-state index in [-0.39, 0.29) is 11.5 Å². The zero-order valence-corrected chi connectivity index (χ0v) is 20.4. The molecule has 0 saturated heterocycles. The first kappa shape index (κ1) is 23.5. The van der Waals surface area contributed by atoms with Gasteiger partial charge in [0, 0.05) is 0 Å². The van der Waals surface area contributed by atoms with Gasteiger partial charge in [0.2, 0.25) is 0 Å². The van der Waals surface area contributed by atoms with Crippen LogP contribution in [0, 0.1) is 5.41 Å². The molecular weight excluding hydrogens is 444 g/mol. The standard InChI is InChI=1S/C29H33BrO/c1-4-5-22-28(2,3)27(21-23-30)31-29(24-15-9-6-10-16-24,25-17-11-7-12-18-25)26-19-13-8-14-20-26/h6-21,23,27H,4-5,22H2,1-3H3/b23-21+. The Kier molecular flexibility index (Phi) is 8.28. The first-order valence-electron chi connectivity index (χ1n) is 11.2. The van der Waals surface area contributed by atoms with Crippen LogP contribution in [0.25, 0.3) is 0 Å². The summed E-state index contributed by atoms with van der Waals surface area (Å²) in [6, 6.07) is 31.8. The molecular formula is C29H33BrO. The van der Waals surface area contributed by atoms with Gasteiger partial charge >= 0.3 is 0 Å². The predicted molar refractivity (Wildman–Crippen MR) is 135 cm³/mol. The third-order valence-electron chi connectivity index (χ3n) is 6.04. The van der Waals surface area contributed by atoms with Crippen LogP contribution in [0.1, 0.15) is 56.7 Å². The van der Waals surface area contributed by atoms with Gasteiger partial charge in [-0.25, -0.2) is 0 Å². The van der Waals surface area contributed by atoms with Crippen molar-refractivity contribution in [3.8, 4) is 0 Å².